The van der Waals surface area contributed by atoms with Crippen molar-refractivity contribution in [2.75, 3.05) is 6.61 Å². The summed E-state index contributed by atoms with van der Waals surface area (Å²) in [5.41, 5.74) is 2.79. The van der Waals surface area contributed by atoms with Crippen molar-refractivity contribution >= 4 is 11.3 Å². The van der Waals surface area contributed by atoms with Crippen LogP contribution in [0.1, 0.15) is 16.8 Å². The predicted octanol–water partition coefficient (Wildman–Crippen LogP) is 1.61. The highest BCUT2D eigenvalue weighted by Crippen LogP contribution is 2.11. The first-order valence-electron chi connectivity index (χ1n) is 5.55. The van der Waals surface area contributed by atoms with E-state index < -0.39 is 0 Å². The predicted molar refractivity (Wildman–Crippen MR) is 72.8 cm³/mol. The molecule has 1 aromatic heterocycles. The molecule has 0 radical (unpaired) electrons. The minimum atomic E-state index is -0.161. The molecule has 0 aliphatic carbocycles. The lowest BCUT2D eigenvalue weighted by molar-refractivity contribution is 0.350. The molecule has 0 spiro atoms. The van der Waals surface area contributed by atoms with Crippen molar-refractivity contribution < 1.29 is 5.11 Å². The van der Waals surface area contributed by atoms with Gasteiger partial charge in [-0.3, -0.25) is 9.36 Å². The van der Waals surface area contributed by atoms with Gasteiger partial charge < -0.3 is 5.11 Å². The lowest BCUT2D eigenvalue weighted by Gasteiger charge is -2.06. The maximum absolute atomic E-state index is 11.7. The van der Waals surface area contributed by atoms with Crippen LogP contribution in [0.25, 0.3) is 0 Å². The second-order valence-electron chi connectivity index (χ2n) is 3.85. The second-order valence-corrected chi connectivity index (χ2v) is 4.67. The van der Waals surface area contributed by atoms with Crippen LogP contribution >= 0.6 is 11.3 Å². The summed E-state index contributed by atoms with van der Waals surface area (Å²) in [7, 11) is 0. The van der Waals surface area contributed by atoms with Gasteiger partial charge in [0.1, 0.15) is 6.61 Å². The summed E-state index contributed by atoms with van der Waals surface area (Å²) in [6.07, 6.45) is 0. The third kappa shape index (κ3) is 2.70. The van der Waals surface area contributed by atoms with Crippen molar-refractivity contribution in [3.8, 4) is 11.8 Å². The molecule has 0 bridgehead atoms. The topological polar surface area (TPSA) is 42.2 Å². The largest absolute Gasteiger partial charge is 0.384 e. The first kappa shape index (κ1) is 12.6. The molecule has 0 unspecified atom stereocenters. The number of aryl methyl sites for hydroxylation is 1. The van der Waals surface area contributed by atoms with Crippen molar-refractivity contribution in [3.63, 3.8) is 0 Å². The van der Waals surface area contributed by atoms with Gasteiger partial charge in [0.15, 0.2) is 0 Å². The van der Waals surface area contributed by atoms with E-state index >= 15 is 0 Å². The van der Waals surface area contributed by atoms with Crippen LogP contribution in [-0.2, 0) is 6.54 Å². The first-order chi connectivity index (χ1) is 8.72. The Hall–Kier alpha value is -1.83. The van der Waals surface area contributed by atoms with E-state index in [0.717, 1.165) is 16.8 Å². The fourth-order valence-corrected chi connectivity index (χ4v) is 2.42. The Kier molecular flexibility index (Phi) is 3.98. The zero-order valence-electron chi connectivity index (χ0n) is 10.0. The number of hydrogen-bond acceptors (Lipinski definition) is 3. The molecule has 1 aromatic carbocycles. The lowest BCUT2D eigenvalue weighted by Crippen LogP contribution is -2.15. The minimum Gasteiger partial charge on any atom is -0.384 e. The van der Waals surface area contributed by atoms with Crippen molar-refractivity contribution in [2.45, 2.75) is 13.5 Å². The molecular formula is C14H13NO2S. The summed E-state index contributed by atoms with van der Waals surface area (Å²) in [5, 5.41) is 10.6. The quantitative estimate of drug-likeness (QED) is 0.833. The van der Waals surface area contributed by atoms with Gasteiger partial charge in [0.25, 0.3) is 0 Å². The molecule has 18 heavy (non-hydrogen) atoms. The van der Waals surface area contributed by atoms with Gasteiger partial charge in [-0.2, -0.15) is 0 Å². The molecule has 4 heteroatoms. The number of rotatable bonds is 2. The van der Waals surface area contributed by atoms with Crippen molar-refractivity contribution in [1.29, 1.82) is 0 Å². The fraction of sp³-hybridized carbons (Fsp3) is 0.214. The van der Waals surface area contributed by atoms with Crippen LogP contribution in [0, 0.1) is 18.8 Å². The van der Waals surface area contributed by atoms with Gasteiger partial charge in [-0.15, -0.1) is 0 Å². The lowest BCUT2D eigenvalue weighted by atomic mass is 10.1. The smallest absolute Gasteiger partial charge is 0.307 e. The summed E-state index contributed by atoms with van der Waals surface area (Å²) in [5.74, 6) is 5.54. The Labute approximate surface area is 109 Å². The summed E-state index contributed by atoms with van der Waals surface area (Å²) in [6, 6.07) is 7.66. The molecule has 1 heterocycles. The maximum atomic E-state index is 11.7. The number of benzene rings is 1. The highest BCUT2D eigenvalue weighted by molar-refractivity contribution is 7.07. The van der Waals surface area contributed by atoms with Crippen LogP contribution in [-0.4, -0.2) is 16.3 Å². The summed E-state index contributed by atoms with van der Waals surface area (Å²) in [6.45, 7) is 2.27. The Morgan fingerprint density at radius 2 is 2.17 bits per heavy atom. The Bertz CT molecular complexity index is 658. The van der Waals surface area contributed by atoms with Crippen LogP contribution in [0.3, 0.4) is 0 Å². The molecular weight excluding hydrogens is 246 g/mol. The third-order valence-electron chi connectivity index (χ3n) is 2.62. The summed E-state index contributed by atoms with van der Waals surface area (Å²) in [4.78, 5) is 11.7. The van der Waals surface area contributed by atoms with Crippen LogP contribution in [0.4, 0.5) is 0 Å². The van der Waals surface area contributed by atoms with Crippen LogP contribution in [0.15, 0.2) is 34.4 Å². The van der Waals surface area contributed by atoms with E-state index in [0.29, 0.717) is 6.54 Å². The van der Waals surface area contributed by atoms with E-state index in [4.69, 9.17) is 5.11 Å². The Morgan fingerprint density at radius 1 is 1.39 bits per heavy atom. The van der Waals surface area contributed by atoms with Crippen molar-refractivity contribution in [1.82, 2.24) is 4.57 Å². The van der Waals surface area contributed by atoms with Gasteiger partial charge in [-0.25, -0.2) is 0 Å². The number of aliphatic hydroxyl groups excluding tert-OH is 1. The number of aliphatic hydroxyl groups is 1. The molecule has 2 aromatic rings. The number of nitrogens with zero attached hydrogens (tertiary/aromatic N) is 1. The normalized spacial score (nSPS) is 9.89. The zero-order chi connectivity index (χ0) is 13.0. The molecule has 92 valence electrons. The van der Waals surface area contributed by atoms with Crippen LogP contribution in [0.5, 0.6) is 0 Å². The summed E-state index contributed by atoms with van der Waals surface area (Å²) >= 11 is 1.21. The summed E-state index contributed by atoms with van der Waals surface area (Å²) < 4.78 is 1.73. The number of hydrogen-bond donors (Lipinski definition) is 1. The average molecular weight is 259 g/mol. The molecule has 0 fully saturated rings. The number of thiazole rings is 1. The van der Waals surface area contributed by atoms with E-state index in [1.165, 1.54) is 11.3 Å². The first-order valence-corrected chi connectivity index (χ1v) is 6.43. The van der Waals surface area contributed by atoms with Gasteiger partial charge >= 0.3 is 4.87 Å². The highest BCUT2D eigenvalue weighted by Gasteiger charge is 2.05. The standard InChI is InChI=1S/C14H13NO2S/c1-11-10-18-14(17)15(11)9-13-6-3-2-5-12(13)7-4-8-16/h2-3,5-6,10,16H,8-9H2,1H3. The zero-order valence-corrected chi connectivity index (χ0v) is 10.8. The molecule has 0 aliphatic rings. The molecule has 0 saturated carbocycles. The maximum Gasteiger partial charge on any atom is 0.307 e. The van der Waals surface area contributed by atoms with Crippen molar-refractivity contribution in [3.05, 3.63) is 56.1 Å². The van der Waals surface area contributed by atoms with Crippen molar-refractivity contribution in [2.24, 2.45) is 0 Å². The number of aromatic nitrogens is 1. The van der Waals surface area contributed by atoms with Crippen LogP contribution in [0.2, 0.25) is 0 Å². The third-order valence-corrected chi connectivity index (χ3v) is 3.51. The van der Waals surface area contributed by atoms with E-state index in [1.807, 2.05) is 36.6 Å². The molecule has 0 amide bonds. The average Bonchev–Trinajstić information content (AvgIpc) is 2.69. The monoisotopic (exact) mass is 259 g/mol. The second kappa shape index (κ2) is 5.67. The van der Waals surface area contributed by atoms with Gasteiger partial charge in [0.2, 0.25) is 0 Å². The molecule has 1 N–H and O–H groups in total. The van der Waals surface area contributed by atoms with Gasteiger partial charge in [-0.1, -0.05) is 41.4 Å². The van der Waals surface area contributed by atoms with Gasteiger partial charge in [0.05, 0.1) is 6.54 Å². The SMILES string of the molecule is Cc1csc(=O)n1Cc1ccccc1C#CCO. The fourth-order valence-electron chi connectivity index (χ4n) is 1.68. The van der Waals surface area contributed by atoms with Crippen LogP contribution < -0.4 is 4.87 Å². The van der Waals surface area contributed by atoms with Gasteiger partial charge in [-0.05, 0) is 18.6 Å². The highest BCUT2D eigenvalue weighted by atomic mass is 32.1. The Balaban J connectivity index is 2.38. The molecule has 0 aliphatic heterocycles. The molecule has 3 nitrogen and oxygen atoms in total. The molecule has 2 rings (SSSR count). The Morgan fingerprint density at radius 3 is 2.83 bits per heavy atom. The molecule has 0 saturated heterocycles. The van der Waals surface area contributed by atoms with E-state index in [-0.39, 0.29) is 11.5 Å². The van der Waals surface area contributed by atoms with E-state index in [1.54, 1.807) is 4.57 Å². The van der Waals surface area contributed by atoms with E-state index in [2.05, 4.69) is 11.8 Å². The minimum absolute atomic E-state index is 0.0393. The van der Waals surface area contributed by atoms with E-state index in [9.17, 15) is 4.79 Å². The molecule has 0 atom stereocenters. The van der Waals surface area contributed by atoms with Gasteiger partial charge in [0, 0.05) is 16.6 Å².